The predicted molar refractivity (Wildman–Crippen MR) is 83.8 cm³/mol. The summed E-state index contributed by atoms with van der Waals surface area (Å²) in [7, 11) is 0. The van der Waals surface area contributed by atoms with Crippen LogP contribution in [0.3, 0.4) is 0 Å². The molecule has 0 saturated heterocycles. The molecule has 1 atom stereocenters. The number of fused-ring (bicyclic) bond motifs is 1. The third-order valence-corrected chi connectivity index (χ3v) is 4.33. The number of carbonyl (C=O) groups excluding carboxylic acids is 1. The van der Waals surface area contributed by atoms with Crippen LogP contribution in [-0.2, 0) is 11.2 Å². The van der Waals surface area contributed by atoms with Crippen molar-refractivity contribution >= 4 is 23.2 Å². The molecule has 2 N–H and O–H groups in total. The van der Waals surface area contributed by atoms with Gasteiger partial charge in [0.2, 0.25) is 5.91 Å². The van der Waals surface area contributed by atoms with Gasteiger partial charge in [-0.25, -0.2) is 0 Å². The van der Waals surface area contributed by atoms with Crippen LogP contribution in [-0.4, -0.2) is 11.0 Å². The molecule has 2 aromatic rings. The topological polar surface area (TPSA) is 49.3 Å². The molecular weight excluding hydrogens is 286 g/mol. The quantitative estimate of drug-likeness (QED) is 0.891. The van der Waals surface area contributed by atoms with Crippen molar-refractivity contribution in [1.82, 2.24) is 0 Å². The standard InChI is InChI=1S/C17H16ClNO2/c1-9-10(2)16-12(8-15(20)19-16)7-14(9)17(21)11-4-3-5-13(18)6-11/h3-7,17,21H,8H2,1-2H3,(H,19,20). The van der Waals surface area contributed by atoms with E-state index in [1.807, 2.05) is 32.0 Å². The monoisotopic (exact) mass is 301 g/mol. The molecule has 1 amide bonds. The second kappa shape index (κ2) is 5.17. The lowest BCUT2D eigenvalue weighted by molar-refractivity contribution is -0.115. The van der Waals surface area contributed by atoms with Gasteiger partial charge in [-0.1, -0.05) is 23.7 Å². The first-order chi connectivity index (χ1) is 9.97. The van der Waals surface area contributed by atoms with Crippen molar-refractivity contribution in [3.8, 4) is 0 Å². The number of anilines is 1. The molecule has 1 aliphatic rings. The van der Waals surface area contributed by atoms with E-state index in [0.717, 1.165) is 33.5 Å². The van der Waals surface area contributed by atoms with Gasteiger partial charge in [-0.15, -0.1) is 0 Å². The van der Waals surface area contributed by atoms with E-state index in [2.05, 4.69) is 5.32 Å². The summed E-state index contributed by atoms with van der Waals surface area (Å²) in [6.07, 6.45) is -0.380. The molecule has 1 heterocycles. The second-order valence-electron chi connectivity index (χ2n) is 5.43. The SMILES string of the molecule is Cc1c(C(O)c2cccc(Cl)c2)cc2c(c1C)NC(=O)C2. The van der Waals surface area contributed by atoms with Crippen molar-refractivity contribution in [2.45, 2.75) is 26.4 Å². The zero-order chi connectivity index (χ0) is 15.1. The van der Waals surface area contributed by atoms with Gasteiger partial charge in [0.05, 0.1) is 6.42 Å². The van der Waals surface area contributed by atoms with Gasteiger partial charge in [0, 0.05) is 10.7 Å². The molecule has 0 bridgehead atoms. The Labute approximate surface area is 128 Å². The summed E-state index contributed by atoms with van der Waals surface area (Å²) < 4.78 is 0. The van der Waals surface area contributed by atoms with Crippen LogP contribution in [0.4, 0.5) is 5.69 Å². The number of halogens is 1. The van der Waals surface area contributed by atoms with Crippen molar-refractivity contribution in [3.05, 3.63) is 63.2 Å². The van der Waals surface area contributed by atoms with Crippen molar-refractivity contribution < 1.29 is 9.90 Å². The normalized spacial score (nSPS) is 14.8. The van der Waals surface area contributed by atoms with Gasteiger partial charge in [-0.05, 0) is 59.9 Å². The second-order valence-corrected chi connectivity index (χ2v) is 5.87. The van der Waals surface area contributed by atoms with Crippen molar-refractivity contribution in [2.24, 2.45) is 0 Å². The molecule has 21 heavy (non-hydrogen) atoms. The van der Waals surface area contributed by atoms with E-state index in [4.69, 9.17) is 11.6 Å². The van der Waals surface area contributed by atoms with Crippen LogP contribution in [0.15, 0.2) is 30.3 Å². The lowest BCUT2D eigenvalue weighted by atomic mass is 9.91. The summed E-state index contributed by atoms with van der Waals surface area (Å²) in [4.78, 5) is 11.6. The highest BCUT2D eigenvalue weighted by Gasteiger charge is 2.24. The molecule has 4 heteroatoms. The Morgan fingerprint density at radius 1 is 1.24 bits per heavy atom. The highest BCUT2D eigenvalue weighted by Crippen LogP contribution is 2.36. The molecule has 0 fully saturated rings. The summed E-state index contributed by atoms with van der Waals surface area (Å²) in [5.74, 6) is 0.00175. The Bertz CT molecular complexity index is 740. The maximum Gasteiger partial charge on any atom is 0.228 e. The van der Waals surface area contributed by atoms with Gasteiger partial charge in [0.25, 0.3) is 0 Å². The summed E-state index contributed by atoms with van der Waals surface area (Å²) in [6, 6.07) is 9.13. The minimum Gasteiger partial charge on any atom is -0.384 e. The molecule has 0 aromatic heterocycles. The molecular formula is C17H16ClNO2. The number of carbonyl (C=O) groups is 1. The molecule has 3 nitrogen and oxygen atoms in total. The number of hydrogen-bond acceptors (Lipinski definition) is 2. The molecule has 3 rings (SSSR count). The van der Waals surface area contributed by atoms with Crippen LogP contribution in [0.1, 0.15) is 33.9 Å². The predicted octanol–water partition coefficient (Wildman–Crippen LogP) is 3.53. The van der Waals surface area contributed by atoms with Crippen molar-refractivity contribution in [3.63, 3.8) is 0 Å². The summed E-state index contributed by atoms with van der Waals surface area (Å²) in [6.45, 7) is 3.93. The lowest BCUT2D eigenvalue weighted by Gasteiger charge is -2.18. The maximum atomic E-state index is 11.6. The fraction of sp³-hybridized carbons (Fsp3) is 0.235. The maximum absolute atomic E-state index is 11.6. The molecule has 0 radical (unpaired) electrons. The molecule has 0 aliphatic carbocycles. The van der Waals surface area contributed by atoms with Crippen molar-refractivity contribution in [2.75, 3.05) is 5.32 Å². The van der Waals surface area contributed by atoms with Crippen molar-refractivity contribution in [1.29, 1.82) is 0 Å². The highest BCUT2D eigenvalue weighted by molar-refractivity contribution is 6.30. The minimum atomic E-state index is -0.747. The third-order valence-electron chi connectivity index (χ3n) is 4.10. The molecule has 0 spiro atoms. The molecule has 1 unspecified atom stereocenters. The Hall–Kier alpha value is -1.84. The van der Waals surface area contributed by atoms with E-state index in [1.54, 1.807) is 12.1 Å². The Morgan fingerprint density at radius 2 is 2.00 bits per heavy atom. The third kappa shape index (κ3) is 2.43. The molecule has 0 saturated carbocycles. The lowest BCUT2D eigenvalue weighted by Crippen LogP contribution is -2.06. The van der Waals surface area contributed by atoms with Gasteiger partial charge in [0.15, 0.2) is 0 Å². The van der Waals surface area contributed by atoms with Gasteiger partial charge < -0.3 is 10.4 Å². The van der Waals surface area contributed by atoms with Crippen LogP contribution in [0, 0.1) is 13.8 Å². The first kappa shape index (κ1) is 14.1. The first-order valence-electron chi connectivity index (χ1n) is 6.83. The van der Waals surface area contributed by atoms with E-state index >= 15 is 0 Å². The summed E-state index contributed by atoms with van der Waals surface area (Å²) in [5, 5.41) is 14.1. The largest absolute Gasteiger partial charge is 0.384 e. The number of hydrogen-bond donors (Lipinski definition) is 2. The van der Waals surface area contributed by atoms with E-state index in [-0.39, 0.29) is 5.91 Å². The fourth-order valence-corrected chi connectivity index (χ4v) is 3.02. The van der Waals surface area contributed by atoms with E-state index < -0.39 is 6.10 Å². The first-order valence-corrected chi connectivity index (χ1v) is 7.21. The van der Waals surface area contributed by atoms with Gasteiger partial charge in [-0.2, -0.15) is 0 Å². The van der Waals surface area contributed by atoms with Crippen LogP contribution >= 0.6 is 11.6 Å². The highest BCUT2D eigenvalue weighted by atomic mass is 35.5. The Balaban J connectivity index is 2.09. The van der Waals surface area contributed by atoms with Crippen LogP contribution in [0.2, 0.25) is 5.02 Å². The average Bonchev–Trinajstić information content (AvgIpc) is 2.83. The number of rotatable bonds is 2. The van der Waals surface area contributed by atoms with E-state index in [1.165, 1.54) is 0 Å². The van der Waals surface area contributed by atoms with Gasteiger partial charge in [0.1, 0.15) is 6.10 Å². The average molecular weight is 302 g/mol. The smallest absolute Gasteiger partial charge is 0.228 e. The summed E-state index contributed by atoms with van der Waals surface area (Å²) in [5.41, 5.74) is 5.41. The Kier molecular flexibility index (Phi) is 3.47. The zero-order valence-corrected chi connectivity index (χ0v) is 12.7. The molecule has 1 aliphatic heterocycles. The minimum absolute atomic E-state index is 0.00175. The number of amides is 1. The Morgan fingerprint density at radius 3 is 2.71 bits per heavy atom. The number of aliphatic hydroxyl groups is 1. The summed E-state index contributed by atoms with van der Waals surface area (Å²) >= 11 is 5.99. The van der Waals surface area contributed by atoms with Gasteiger partial charge in [-0.3, -0.25) is 4.79 Å². The van der Waals surface area contributed by atoms with Crippen LogP contribution in [0.25, 0.3) is 0 Å². The van der Waals surface area contributed by atoms with E-state index in [9.17, 15) is 9.90 Å². The van der Waals surface area contributed by atoms with E-state index in [0.29, 0.717) is 11.4 Å². The van der Waals surface area contributed by atoms with Gasteiger partial charge >= 0.3 is 0 Å². The molecule has 2 aromatic carbocycles. The van der Waals surface area contributed by atoms with Crippen LogP contribution < -0.4 is 5.32 Å². The molecule has 108 valence electrons. The van der Waals surface area contributed by atoms with Crippen LogP contribution in [0.5, 0.6) is 0 Å². The number of nitrogens with one attached hydrogen (secondary N) is 1. The number of aliphatic hydroxyl groups excluding tert-OH is 1. The zero-order valence-electron chi connectivity index (χ0n) is 11.9. The fourth-order valence-electron chi connectivity index (χ4n) is 2.82. The number of benzene rings is 2.